The minimum absolute atomic E-state index is 0.0619. The molecule has 3 heterocycles. The van der Waals surface area contributed by atoms with E-state index in [4.69, 9.17) is 21.4 Å². The molecule has 0 radical (unpaired) electrons. The smallest absolute Gasteiger partial charge is 0.404 e. The van der Waals surface area contributed by atoms with Gasteiger partial charge >= 0.3 is 6.09 Å². The first kappa shape index (κ1) is 26.8. The van der Waals surface area contributed by atoms with Crippen molar-refractivity contribution in [2.75, 3.05) is 11.9 Å². The number of aromatic nitrogens is 3. The summed E-state index contributed by atoms with van der Waals surface area (Å²) < 4.78 is 34.0. The van der Waals surface area contributed by atoms with Crippen LogP contribution in [-0.4, -0.2) is 52.2 Å². The molecule has 204 valence electrons. The van der Waals surface area contributed by atoms with Gasteiger partial charge in [-0.15, -0.1) is 0 Å². The van der Waals surface area contributed by atoms with Crippen LogP contribution in [-0.2, 0) is 10.0 Å². The molecule has 1 saturated carbocycles. The second-order valence-electron chi connectivity index (χ2n) is 9.34. The monoisotopic (exact) mass is 569 g/mol. The number of carboxylic acid groups (broad SMARTS) is 1. The number of ether oxygens (including phenoxy) is 1. The van der Waals surface area contributed by atoms with Crippen LogP contribution in [0.15, 0.2) is 65.8 Å². The molecule has 1 amide bonds. The molecule has 0 spiro atoms. The van der Waals surface area contributed by atoms with Gasteiger partial charge in [0.15, 0.2) is 5.65 Å². The minimum atomic E-state index is -3.93. The minimum Gasteiger partial charge on any atom is -0.492 e. The number of amides is 1. The summed E-state index contributed by atoms with van der Waals surface area (Å²) >= 11 is 6.43. The van der Waals surface area contributed by atoms with Crippen LogP contribution in [0, 0.1) is 0 Å². The summed E-state index contributed by atoms with van der Waals surface area (Å²) in [5, 5.41) is 15.8. The molecule has 1 fully saturated rings. The Labute approximate surface area is 231 Å². The van der Waals surface area contributed by atoms with Gasteiger partial charge < -0.3 is 20.5 Å². The third-order valence-electron chi connectivity index (χ3n) is 6.71. The van der Waals surface area contributed by atoms with Gasteiger partial charge in [0.2, 0.25) is 0 Å². The molecule has 0 bridgehead atoms. The summed E-state index contributed by atoms with van der Waals surface area (Å²) in [5.74, 6) is 1.07. The third-order valence-corrected chi connectivity index (χ3v) is 8.57. The molecule has 1 aromatic carbocycles. The maximum Gasteiger partial charge on any atom is 0.404 e. The third kappa shape index (κ3) is 5.79. The Morgan fingerprint density at radius 2 is 1.85 bits per heavy atom. The van der Waals surface area contributed by atoms with Crippen LogP contribution in [0.2, 0.25) is 5.15 Å². The van der Waals surface area contributed by atoms with Crippen molar-refractivity contribution in [3.05, 3.63) is 66.1 Å². The number of carbonyl (C=O) groups is 1. The zero-order valence-electron chi connectivity index (χ0n) is 21.2. The first-order chi connectivity index (χ1) is 18.7. The Morgan fingerprint density at radius 1 is 1.13 bits per heavy atom. The van der Waals surface area contributed by atoms with Gasteiger partial charge in [0.25, 0.3) is 10.0 Å². The van der Waals surface area contributed by atoms with Crippen LogP contribution in [0.1, 0.15) is 32.6 Å². The Hall–Kier alpha value is -3.83. The average molecular weight is 570 g/mol. The van der Waals surface area contributed by atoms with E-state index in [-0.39, 0.29) is 27.8 Å². The van der Waals surface area contributed by atoms with E-state index in [9.17, 15) is 13.2 Å². The topological polar surface area (TPSA) is 135 Å². The van der Waals surface area contributed by atoms with Gasteiger partial charge in [0.05, 0.1) is 17.7 Å². The van der Waals surface area contributed by atoms with Gasteiger partial charge in [-0.1, -0.05) is 29.8 Å². The highest BCUT2D eigenvalue weighted by atomic mass is 35.5. The van der Waals surface area contributed by atoms with Crippen molar-refractivity contribution in [1.29, 1.82) is 0 Å². The quantitative estimate of drug-likeness (QED) is 0.241. The van der Waals surface area contributed by atoms with Crippen LogP contribution >= 0.6 is 11.6 Å². The largest absolute Gasteiger partial charge is 0.492 e. The fraction of sp³-hybridized carbons (Fsp3) is 0.296. The number of rotatable bonds is 8. The molecular formula is C27H28ClN5O5S. The van der Waals surface area contributed by atoms with Crippen LogP contribution < -0.4 is 15.4 Å². The lowest BCUT2D eigenvalue weighted by molar-refractivity contribution is 0.185. The number of anilines is 1. The van der Waals surface area contributed by atoms with Crippen LogP contribution in [0.4, 0.5) is 10.6 Å². The van der Waals surface area contributed by atoms with Crippen molar-refractivity contribution in [2.45, 2.75) is 49.6 Å². The Morgan fingerprint density at radius 3 is 2.54 bits per heavy atom. The van der Waals surface area contributed by atoms with E-state index in [2.05, 4.69) is 20.6 Å². The maximum atomic E-state index is 13.6. The highest BCUT2D eigenvalue weighted by molar-refractivity contribution is 7.90. The molecule has 0 atom stereocenters. The summed E-state index contributed by atoms with van der Waals surface area (Å²) in [6, 6.07) is 13.5. The van der Waals surface area contributed by atoms with E-state index < -0.39 is 16.1 Å². The molecule has 0 unspecified atom stereocenters. The number of nitrogens with zero attached hydrogens (tertiary/aromatic N) is 3. The molecule has 1 aliphatic carbocycles. The highest BCUT2D eigenvalue weighted by Crippen LogP contribution is 2.36. The van der Waals surface area contributed by atoms with Gasteiger partial charge in [0.1, 0.15) is 16.7 Å². The van der Waals surface area contributed by atoms with E-state index >= 15 is 0 Å². The summed E-state index contributed by atoms with van der Waals surface area (Å²) in [6.45, 7) is 2.30. The molecule has 10 nitrogen and oxygen atoms in total. The van der Waals surface area contributed by atoms with Gasteiger partial charge in [-0.05, 0) is 68.5 Å². The van der Waals surface area contributed by atoms with Crippen molar-refractivity contribution < 1.29 is 23.1 Å². The second kappa shape index (κ2) is 11.1. The van der Waals surface area contributed by atoms with Gasteiger partial charge in [-0.3, -0.25) is 0 Å². The molecular weight excluding hydrogens is 542 g/mol. The summed E-state index contributed by atoms with van der Waals surface area (Å²) in [6.07, 6.45) is 5.02. The Bertz CT molecular complexity index is 1600. The first-order valence-corrected chi connectivity index (χ1v) is 14.4. The van der Waals surface area contributed by atoms with Crippen LogP contribution in [0.5, 0.6) is 5.75 Å². The van der Waals surface area contributed by atoms with Crippen molar-refractivity contribution in [2.24, 2.45) is 0 Å². The molecule has 1 aliphatic rings. The molecule has 4 aromatic rings. The lowest BCUT2D eigenvalue weighted by atomic mass is 9.91. The van der Waals surface area contributed by atoms with Gasteiger partial charge in [-0.2, -0.15) is 0 Å². The maximum absolute atomic E-state index is 13.6. The standard InChI is InChI=1S/C27H28ClN5O5S/c1-2-38-20-14-22-23(16-33(26(22)29-15-20)39(36,37)21-6-4-3-5-7-21)17-12-24(28)32-25(13-17)30-18-8-10-19(11-9-18)31-27(34)35/h3-7,12-16,18-19,31H,2,8-11H2,1H3,(H,30,32)(H,34,35). The number of hydrogen-bond donors (Lipinski definition) is 3. The number of nitrogens with one attached hydrogen (secondary N) is 2. The fourth-order valence-electron chi connectivity index (χ4n) is 4.92. The fourth-order valence-corrected chi connectivity index (χ4v) is 6.47. The number of halogens is 1. The Balaban J connectivity index is 1.53. The highest BCUT2D eigenvalue weighted by Gasteiger charge is 2.25. The summed E-state index contributed by atoms with van der Waals surface area (Å²) in [5.41, 5.74) is 1.55. The zero-order chi connectivity index (χ0) is 27.6. The van der Waals surface area contributed by atoms with Crippen molar-refractivity contribution >= 4 is 44.6 Å². The number of pyridine rings is 2. The van der Waals surface area contributed by atoms with Crippen molar-refractivity contribution in [3.8, 4) is 16.9 Å². The van der Waals surface area contributed by atoms with E-state index in [0.29, 0.717) is 47.5 Å². The van der Waals surface area contributed by atoms with E-state index in [0.717, 1.165) is 12.8 Å². The lowest BCUT2D eigenvalue weighted by Crippen LogP contribution is -2.39. The predicted octanol–water partition coefficient (Wildman–Crippen LogP) is 5.38. The first-order valence-electron chi connectivity index (χ1n) is 12.6. The van der Waals surface area contributed by atoms with Crippen LogP contribution in [0.3, 0.4) is 0 Å². The number of benzene rings is 1. The number of hydrogen-bond acceptors (Lipinski definition) is 7. The number of fused-ring (bicyclic) bond motifs is 1. The SMILES string of the molecule is CCOc1cnc2c(c1)c(-c1cc(Cl)nc(NC3CCC(NC(=O)O)CC3)c1)cn2S(=O)(=O)c1ccccc1. The summed E-state index contributed by atoms with van der Waals surface area (Å²) in [7, 11) is -3.93. The van der Waals surface area contributed by atoms with Crippen LogP contribution in [0.25, 0.3) is 22.2 Å². The van der Waals surface area contributed by atoms with E-state index in [1.54, 1.807) is 48.7 Å². The van der Waals surface area contributed by atoms with Crippen molar-refractivity contribution in [3.63, 3.8) is 0 Å². The molecule has 3 N–H and O–H groups in total. The summed E-state index contributed by atoms with van der Waals surface area (Å²) in [4.78, 5) is 20.0. The second-order valence-corrected chi connectivity index (χ2v) is 11.5. The average Bonchev–Trinajstić information content (AvgIpc) is 3.30. The molecule has 39 heavy (non-hydrogen) atoms. The Kier molecular flexibility index (Phi) is 7.62. The molecule has 0 saturated heterocycles. The molecule has 3 aromatic heterocycles. The van der Waals surface area contributed by atoms with E-state index in [1.807, 2.05) is 13.0 Å². The lowest BCUT2D eigenvalue weighted by Gasteiger charge is -2.29. The van der Waals surface area contributed by atoms with Gasteiger partial charge in [-0.25, -0.2) is 27.2 Å². The predicted molar refractivity (Wildman–Crippen MR) is 149 cm³/mol. The molecule has 12 heteroatoms. The molecule has 0 aliphatic heterocycles. The van der Waals surface area contributed by atoms with E-state index in [1.165, 1.54) is 10.2 Å². The molecule has 5 rings (SSSR count). The van der Waals surface area contributed by atoms with Crippen molar-refractivity contribution in [1.82, 2.24) is 19.3 Å². The zero-order valence-corrected chi connectivity index (χ0v) is 22.7. The normalized spacial score (nSPS) is 17.6. The van der Waals surface area contributed by atoms with Gasteiger partial charge in [0, 0.05) is 29.2 Å².